The summed E-state index contributed by atoms with van der Waals surface area (Å²) in [6, 6.07) is 5.43. The molecule has 6 bridgehead atoms. The van der Waals surface area contributed by atoms with Gasteiger partial charge in [0.2, 0.25) is 0 Å². The predicted octanol–water partition coefficient (Wildman–Crippen LogP) is 3.43. The van der Waals surface area contributed by atoms with Gasteiger partial charge in [-0.15, -0.1) is 0 Å². The minimum Gasteiger partial charge on any atom is -0.495 e. The van der Waals surface area contributed by atoms with Crippen molar-refractivity contribution in [3.05, 3.63) is 59.6 Å². The van der Waals surface area contributed by atoms with Crippen molar-refractivity contribution in [1.82, 2.24) is 19.6 Å². The van der Waals surface area contributed by atoms with Crippen molar-refractivity contribution >= 4 is 46.8 Å². The van der Waals surface area contributed by atoms with Crippen LogP contribution in [0.1, 0.15) is 22.3 Å². The van der Waals surface area contributed by atoms with Crippen LogP contribution in [-0.4, -0.2) is 89.9 Å². The number of aromatic nitrogens is 2. The summed E-state index contributed by atoms with van der Waals surface area (Å²) in [6.07, 6.45) is 3.75. The van der Waals surface area contributed by atoms with E-state index in [0.717, 1.165) is 6.20 Å². The quantitative estimate of drug-likeness (QED) is 0.142. The molecule has 2 amide bonds. The van der Waals surface area contributed by atoms with Crippen molar-refractivity contribution in [3.8, 4) is 17.6 Å². The number of benzene rings is 1. The number of carbonyl (C=O) groups is 2. The van der Waals surface area contributed by atoms with Crippen molar-refractivity contribution in [2.75, 3.05) is 50.5 Å². The van der Waals surface area contributed by atoms with Gasteiger partial charge in [-0.3, -0.25) is 14.6 Å². The maximum absolute atomic E-state index is 15.4. The molecular weight excluding hydrogens is 628 g/mol. The minimum absolute atomic E-state index is 0.0135. The molecule has 2 aromatic heterocycles. The highest BCUT2D eigenvalue weighted by molar-refractivity contribution is 8.00. The number of anilines is 2. The molecule has 2 unspecified atom stereocenters. The SMILES string of the molecule is COc1ccc2cc1NCC#Cc1cc3c(nccn3c1SC(F)(F)F)NC1CCN(CC1F)C(=O)/C(=C/N)C=NCCNC2=O. The minimum atomic E-state index is -4.61. The first-order valence-corrected chi connectivity index (χ1v) is 15.0. The molecule has 6 rings (SSSR count). The molecule has 0 aliphatic carbocycles. The Labute approximate surface area is 265 Å². The summed E-state index contributed by atoms with van der Waals surface area (Å²) >= 11 is -0.320. The highest BCUT2D eigenvalue weighted by Crippen LogP contribution is 2.40. The molecule has 3 aromatic rings. The van der Waals surface area contributed by atoms with Gasteiger partial charge >= 0.3 is 5.51 Å². The Morgan fingerprint density at radius 3 is 2.78 bits per heavy atom. The van der Waals surface area contributed by atoms with E-state index >= 15 is 4.39 Å². The lowest BCUT2D eigenvalue weighted by Gasteiger charge is -2.35. The second kappa shape index (κ2) is 14.0. The average Bonchev–Trinajstić information content (AvgIpc) is 3.37. The van der Waals surface area contributed by atoms with Gasteiger partial charge in [-0.25, -0.2) is 9.37 Å². The molecule has 0 radical (unpaired) electrons. The zero-order chi connectivity index (χ0) is 32.8. The van der Waals surface area contributed by atoms with Crippen LogP contribution in [-0.2, 0) is 4.79 Å². The third-order valence-corrected chi connectivity index (χ3v) is 8.09. The number of hydrogen-bond acceptors (Lipinski definition) is 9. The Morgan fingerprint density at radius 1 is 1.22 bits per heavy atom. The van der Waals surface area contributed by atoms with E-state index in [1.807, 2.05) is 0 Å². The Bertz CT molecular complexity index is 1750. The third-order valence-electron chi connectivity index (χ3n) is 7.25. The first-order chi connectivity index (χ1) is 22.1. The van der Waals surface area contributed by atoms with Gasteiger partial charge < -0.3 is 35.7 Å². The second-order valence-corrected chi connectivity index (χ2v) is 11.3. The van der Waals surface area contributed by atoms with E-state index in [2.05, 4.69) is 37.8 Å². The standard InChI is InChI=1S/C30H30F4N8O3S/c1-45-25-5-4-18-13-23(25)37-7-2-3-19-14-24-26(38-10-12-42(24)29(19)46-30(32,33)34)40-22-6-11-41(17-21(22)31)28(44)20(15-35)16-36-8-9-39-27(18)43/h4-5,10,12-16,21-22,37H,6-9,11,17,35H2,1H3,(H,38,40)(H,39,43)/b20-15+,36-16?. The van der Waals surface area contributed by atoms with Gasteiger partial charge in [-0.05, 0) is 30.7 Å². The summed E-state index contributed by atoms with van der Waals surface area (Å²) in [7, 11) is 1.46. The number of rotatable bonds is 2. The first kappa shape index (κ1) is 32.5. The Balaban J connectivity index is 1.52. The maximum Gasteiger partial charge on any atom is 0.447 e. The molecule has 5 N–H and O–H groups in total. The summed E-state index contributed by atoms with van der Waals surface area (Å²) in [5.41, 5.74) is 2.25. The number of nitrogens with one attached hydrogen (secondary N) is 3. The number of hydrogen-bond donors (Lipinski definition) is 4. The monoisotopic (exact) mass is 658 g/mol. The summed E-state index contributed by atoms with van der Waals surface area (Å²) in [5.74, 6) is 5.34. The van der Waals surface area contributed by atoms with Crippen molar-refractivity contribution in [3.63, 3.8) is 0 Å². The summed E-state index contributed by atoms with van der Waals surface area (Å²) in [4.78, 5) is 35.6. The van der Waals surface area contributed by atoms with E-state index in [4.69, 9.17) is 10.5 Å². The molecule has 1 fully saturated rings. The smallest absolute Gasteiger partial charge is 0.447 e. The molecule has 1 saturated heterocycles. The van der Waals surface area contributed by atoms with Crippen LogP contribution in [0.25, 0.3) is 5.52 Å². The van der Waals surface area contributed by atoms with E-state index in [1.165, 1.54) is 41.1 Å². The molecule has 0 spiro atoms. The number of aliphatic imine (C=N–C) groups is 1. The van der Waals surface area contributed by atoms with Crippen LogP contribution in [0.5, 0.6) is 5.75 Å². The Morgan fingerprint density at radius 2 is 2.04 bits per heavy atom. The van der Waals surface area contributed by atoms with Crippen LogP contribution in [0, 0.1) is 11.8 Å². The van der Waals surface area contributed by atoms with E-state index in [0.29, 0.717) is 17.0 Å². The van der Waals surface area contributed by atoms with Gasteiger partial charge in [-0.2, -0.15) is 13.2 Å². The van der Waals surface area contributed by atoms with Gasteiger partial charge in [0.05, 0.1) is 55.1 Å². The molecule has 0 saturated carbocycles. The number of alkyl halides is 4. The highest BCUT2D eigenvalue weighted by Gasteiger charge is 2.35. The first-order valence-electron chi connectivity index (χ1n) is 14.1. The fourth-order valence-corrected chi connectivity index (χ4v) is 5.73. The molecule has 2 atom stereocenters. The van der Waals surface area contributed by atoms with E-state index < -0.39 is 29.5 Å². The molecular formula is C30H30F4N8O3S. The average molecular weight is 659 g/mol. The number of fused-ring (bicyclic) bond motifs is 10. The zero-order valence-electron chi connectivity index (χ0n) is 24.5. The lowest BCUT2D eigenvalue weighted by molar-refractivity contribution is -0.128. The molecule has 1 aromatic carbocycles. The molecule has 46 heavy (non-hydrogen) atoms. The van der Waals surface area contributed by atoms with Gasteiger partial charge in [-0.1, -0.05) is 11.8 Å². The van der Waals surface area contributed by atoms with Crippen LogP contribution in [0.2, 0.25) is 0 Å². The lowest BCUT2D eigenvalue weighted by Crippen LogP contribution is -2.50. The molecule has 11 nitrogen and oxygen atoms in total. The topological polar surface area (TPSA) is 138 Å². The normalized spacial score (nSPS) is 20.5. The number of carbonyl (C=O) groups excluding carboxylic acids is 2. The molecule has 16 heteroatoms. The highest BCUT2D eigenvalue weighted by atomic mass is 32.2. The predicted molar refractivity (Wildman–Crippen MR) is 167 cm³/mol. The van der Waals surface area contributed by atoms with Crippen molar-refractivity contribution in [2.45, 2.75) is 29.2 Å². The summed E-state index contributed by atoms with van der Waals surface area (Å²) in [5, 5.41) is 8.63. The molecule has 3 aliphatic heterocycles. The number of methoxy groups -OCH3 is 1. The fraction of sp³-hybridized carbons (Fsp3) is 0.333. The van der Waals surface area contributed by atoms with Gasteiger partial charge in [0.25, 0.3) is 11.8 Å². The number of ether oxygens (including phenoxy) is 1. The largest absolute Gasteiger partial charge is 0.495 e. The maximum atomic E-state index is 15.4. The third kappa shape index (κ3) is 7.48. The van der Waals surface area contributed by atoms with E-state index in [1.54, 1.807) is 18.2 Å². The van der Waals surface area contributed by atoms with Crippen LogP contribution >= 0.6 is 11.8 Å². The zero-order valence-corrected chi connectivity index (χ0v) is 25.3. The van der Waals surface area contributed by atoms with E-state index in [-0.39, 0.29) is 78.4 Å². The van der Waals surface area contributed by atoms with Crippen molar-refractivity contribution in [1.29, 1.82) is 0 Å². The number of piperidine rings is 1. The van der Waals surface area contributed by atoms with Gasteiger partial charge in [0.15, 0.2) is 5.82 Å². The number of halogens is 4. The number of nitrogens with zero attached hydrogens (tertiary/aromatic N) is 4. The van der Waals surface area contributed by atoms with Crippen LogP contribution < -0.4 is 26.4 Å². The van der Waals surface area contributed by atoms with E-state index in [9.17, 15) is 22.8 Å². The lowest BCUT2D eigenvalue weighted by atomic mass is 10.0. The van der Waals surface area contributed by atoms with Crippen LogP contribution in [0.4, 0.5) is 29.1 Å². The number of nitrogens with two attached hydrogens (primary N) is 1. The van der Waals surface area contributed by atoms with Crippen LogP contribution in [0.15, 0.2) is 58.5 Å². The number of thioether (sulfide) groups is 1. The summed E-state index contributed by atoms with van der Waals surface area (Å²) in [6.45, 7) is 0.262. The van der Waals surface area contributed by atoms with Gasteiger partial charge in [0, 0.05) is 55.2 Å². The molecule has 3 aliphatic rings. The molecule has 5 heterocycles. The Hall–Kier alpha value is -4.91. The van der Waals surface area contributed by atoms with Crippen molar-refractivity contribution in [2.24, 2.45) is 10.7 Å². The summed E-state index contributed by atoms with van der Waals surface area (Å²) < 4.78 is 63.0. The number of amides is 2. The van der Waals surface area contributed by atoms with Crippen LogP contribution in [0.3, 0.4) is 0 Å². The van der Waals surface area contributed by atoms with Crippen molar-refractivity contribution < 1.29 is 31.9 Å². The fourth-order valence-electron chi connectivity index (χ4n) is 5.04. The molecule has 242 valence electrons. The second-order valence-electron chi connectivity index (χ2n) is 10.2. The Kier molecular flexibility index (Phi) is 9.90. The van der Waals surface area contributed by atoms with Gasteiger partial charge in [0.1, 0.15) is 16.9 Å².